The van der Waals surface area contributed by atoms with E-state index < -0.39 is 0 Å². The summed E-state index contributed by atoms with van der Waals surface area (Å²) in [5.74, 6) is -0.272. The molecule has 0 aliphatic rings. The highest BCUT2D eigenvalue weighted by Crippen LogP contribution is 2.27. The monoisotopic (exact) mass is 347 g/mol. The second-order valence-corrected chi connectivity index (χ2v) is 4.91. The number of hydrogen-bond acceptors (Lipinski definition) is 1. The van der Waals surface area contributed by atoms with E-state index >= 15 is 0 Å². The molecule has 0 aromatic heterocycles. The molecule has 1 N–H and O–H groups in total. The van der Waals surface area contributed by atoms with Crippen molar-refractivity contribution in [3.05, 3.63) is 56.9 Å². The van der Waals surface area contributed by atoms with Gasteiger partial charge in [-0.1, -0.05) is 17.7 Å². The summed E-state index contributed by atoms with van der Waals surface area (Å²) < 4.78 is 14.0. The van der Waals surface area contributed by atoms with Crippen molar-refractivity contribution in [3.8, 4) is 0 Å². The van der Waals surface area contributed by atoms with Crippen LogP contribution in [0.3, 0.4) is 0 Å². The van der Waals surface area contributed by atoms with Crippen molar-refractivity contribution >= 4 is 45.6 Å². The lowest BCUT2D eigenvalue weighted by atomic mass is 10.2. The van der Waals surface area contributed by atoms with Gasteiger partial charge in [0.1, 0.15) is 5.82 Å². The van der Waals surface area contributed by atoms with E-state index in [1.165, 1.54) is 12.1 Å². The second-order valence-electron chi connectivity index (χ2n) is 3.26. The normalized spacial score (nSPS) is 10.2. The average Bonchev–Trinajstić information content (AvgIpc) is 2.22. The Kier molecular flexibility index (Phi) is 3.66. The van der Waals surface area contributed by atoms with Crippen LogP contribution >= 0.6 is 34.2 Å². The number of nitrogens with one attached hydrogen (secondary N) is 1. The number of hydrogen-bond donors (Lipinski definition) is 1. The molecule has 82 valence electrons. The van der Waals surface area contributed by atoms with E-state index in [1.807, 2.05) is 18.2 Å². The van der Waals surface area contributed by atoms with E-state index in [2.05, 4.69) is 27.9 Å². The Bertz CT molecular complexity index is 516. The van der Waals surface area contributed by atoms with Crippen LogP contribution in [0.25, 0.3) is 0 Å². The molecule has 0 aliphatic heterocycles. The zero-order valence-corrected chi connectivity index (χ0v) is 11.1. The van der Waals surface area contributed by atoms with Crippen LogP contribution in [-0.2, 0) is 0 Å². The van der Waals surface area contributed by atoms with E-state index in [9.17, 15) is 4.39 Å². The van der Waals surface area contributed by atoms with E-state index in [0.29, 0.717) is 10.7 Å². The van der Waals surface area contributed by atoms with E-state index in [-0.39, 0.29) is 5.82 Å². The summed E-state index contributed by atoms with van der Waals surface area (Å²) in [6, 6.07) is 11.9. The van der Waals surface area contributed by atoms with Crippen molar-refractivity contribution in [2.24, 2.45) is 0 Å². The summed E-state index contributed by atoms with van der Waals surface area (Å²) in [6.45, 7) is 0. The van der Waals surface area contributed by atoms with E-state index in [1.54, 1.807) is 12.1 Å². The first-order valence-electron chi connectivity index (χ1n) is 4.63. The number of halogens is 3. The van der Waals surface area contributed by atoms with Crippen LogP contribution in [0.1, 0.15) is 0 Å². The van der Waals surface area contributed by atoms with Crippen LogP contribution in [0.15, 0.2) is 42.5 Å². The molecule has 0 radical (unpaired) electrons. The van der Waals surface area contributed by atoms with Gasteiger partial charge in [0.25, 0.3) is 0 Å². The van der Waals surface area contributed by atoms with Crippen LogP contribution < -0.4 is 5.32 Å². The Labute approximate surface area is 112 Å². The van der Waals surface area contributed by atoms with E-state index in [4.69, 9.17) is 11.6 Å². The van der Waals surface area contributed by atoms with Gasteiger partial charge in [-0.2, -0.15) is 0 Å². The molecule has 0 fully saturated rings. The molecular weight excluding hydrogens is 339 g/mol. The molecule has 0 atom stereocenters. The average molecular weight is 348 g/mol. The SMILES string of the molecule is Fc1cccc(Nc2ccc(I)cc2Cl)c1. The molecule has 0 unspecified atom stereocenters. The maximum atomic E-state index is 13.0. The first-order valence-corrected chi connectivity index (χ1v) is 6.08. The van der Waals surface area contributed by atoms with Crippen molar-refractivity contribution < 1.29 is 4.39 Å². The van der Waals surface area contributed by atoms with Crippen molar-refractivity contribution in [2.75, 3.05) is 5.32 Å². The van der Waals surface area contributed by atoms with Crippen molar-refractivity contribution in [1.29, 1.82) is 0 Å². The highest BCUT2D eigenvalue weighted by molar-refractivity contribution is 14.1. The molecule has 0 aliphatic carbocycles. The molecule has 0 heterocycles. The molecule has 2 aromatic rings. The molecule has 0 bridgehead atoms. The van der Waals surface area contributed by atoms with Gasteiger partial charge in [-0.25, -0.2) is 4.39 Å². The lowest BCUT2D eigenvalue weighted by Gasteiger charge is -2.08. The second kappa shape index (κ2) is 5.01. The lowest BCUT2D eigenvalue weighted by Crippen LogP contribution is -1.91. The van der Waals surface area contributed by atoms with Gasteiger partial charge < -0.3 is 5.32 Å². The van der Waals surface area contributed by atoms with Crippen molar-refractivity contribution in [1.82, 2.24) is 0 Å². The number of rotatable bonds is 2. The largest absolute Gasteiger partial charge is 0.354 e. The van der Waals surface area contributed by atoms with Crippen LogP contribution in [0.4, 0.5) is 15.8 Å². The summed E-state index contributed by atoms with van der Waals surface area (Å²) in [6.07, 6.45) is 0. The Balaban J connectivity index is 2.27. The van der Waals surface area contributed by atoms with Gasteiger partial charge in [0.05, 0.1) is 10.7 Å². The Morgan fingerprint density at radius 1 is 1.12 bits per heavy atom. The van der Waals surface area contributed by atoms with E-state index in [0.717, 1.165) is 9.26 Å². The predicted octanol–water partition coefficient (Wildman–Crippen LogP) is 4.83. The third kappa shape index (κ3) is 2.86. The summed E-state index contributed by atoms with van der Waals surface area (Å²) >= 11 is 8.24. The van der Waals surface area contributed by atoms with Crippen LogP contribution in [0.5, 0.6) is 0 Å². The zero-order chi connectivity index (χ0) is 11.5. The standard InChI is InChI=1S/C12H8ClFIN/c13-11-7-9(15)4-5-12(11)16-10-3-1-2-8(14)6-10/h1-7,16H. The smallest absolute Gasteiger partial charge is 0.125 e. The fraction of sp³-hybridized carbons (Fsp3) is 0. The third-order valence-electron chi connectivity index (χ3n) is 2.03. The minimum Gasteiger partial charge on any atom is -0.354 e. The van der Waals surface area contributed by atoms with Gasteiger partial charge in [-0.15, -0.1) is 0 Å². The lowest BCUT2D eigenvalue weighted by molar-refractivity contribution is 0.628. The van der Waals surface area contributed by atoms with Crippen molar-refractivity contribution in [3.63, 3.8) is 0 Å². The molecule has 0 saturated heterocycles. The summed E-state index contributed by atoms with van der Waals surface area (Å²) in [5, 5.41) is 3.69. The molecule has 2 rings (SSSR count). The Morgan fingerprint density at radius 3 is 2.62 bits per heavy atom. The minimum absolute atomic E-state index is 0.272. The summed E-state index contributed by atoms with van der Waals surface area (Å²) in [5.41, 5.74) is 1.45. The molecule has 0 saturated carbocycles. The van der Waals surface area contributed by atoms with Gasteiger partial charge in [0.15, 0.2) is 0 Å². The molecule has 16 heavy (non-hydrogen) atoms. The maximum absolute atomic E-state index is 13.0. The van der Waals surface area contributed by atoms with Gasteiger partial charge in [-0.05, 0) is 59.0 Å². The fourth-order valence-electron chi connectivity index (χ4n) is 1.31. The van der Waals surface area contributed by atoms with Gasteiger partial charge >= 0.3 is 0 Å². The molecule has 1 nitrogen and oxygen atoms in total. The molecule has 4 heteroatoms. The fourth-order valence-corrected chi connectivity index (χ4v) is 2.22. The van der Waals surface area contributed by atoms with Crippen LogP contribution in [-0.4, -0.2) is 0 Å². The van der Waals surface area contributed by atoms with Gasteiger partial charge in [0.2, 0.25) is 0 Å². The Hall–Kier alpha value is -0.810. The highest BCUT2D eigenvalue weighted by atomic mass is 127. The highest BCUT2D eigenvalue weighted by Gasteiger charge is 2.01. The number of benzene rings is 2. The van der Waals surface area contributed by atoms with Crippen LogP contribution in [0.2, 0.25) is 5.02 Å². The topological polar surface area (TPSA) is 12.0 Å². The molecule has 0 spiro atoms. The number of anilines is 2. The van der Waals surface area contributed by atoms with Gasteiger partial charge in [-0.3, -0.25) is 0 Å². The third-order valence-corrected chi connectivity index (χ3v) is 3.02. The summed E-state index contributed by atoms with van der Waals surface area (Å²) in [4.78, 5) is 0. The van der Waals surface area contributed by atoms with Crippen LogP contribution in [0, 0.1) is 9.39 Å². The van der Waals surface area contributed by atoms with Gasteiger partial charge in [0, 0.05) is 9.26 Å². The minimum atomic E-state index is -0.272. The predicted molar refractivity (Wildman–Crippen MR) is 73.9 cm³/mol. The zero-order valence-electron chi connectivity index (χ0n) is 8.18. The quantitative estimate of drug-likeness (QED) is 0.768. The maximum Gasteiger partial charge on any atom is 0.125 e. The Morgan fingerprint density at radius 2 is 1.94 bits per heavy atom. The molecule has 0 amide bonds. The molecular formula is C12H8ClFIN. The molecule has 2 aromatic carbocycles. The first-order chi connectivity index (χ1) is 7.65. The first kappa shape index (κ1) is 11.7. The summed E-state index contributed by atoms with van der Waals surface area (Å²) in [7, 11) is 0. The van der Waals surface area contributed by atoms with Crippen molar-refractivity contribution in [2.45, 2.75) is 0 Å².